The summed E-state index contributed by atoms with van der Waals surface area (Å²) in [5.41, 5.74) is 0. The van der Waals surface area contributed by atoms with Gasteiger partial charge in [0.1, 0.15) is 0 Å². The van der Waals surface area contributed by atoms with Crippen molar-refractivity contribution in [2.24, 2.45) is 0 Å². The Labute approximate surface area is 129 Å². The summed E-state index contributed by atoms with van der Waals surface area (Å²) in [5, 5.41) is 3.39. The molecule has 0 aromatic rings. The molecule has 1 saturated heterocycles. The predicted molar refractivity (Wildman–Crippen MR) is 83.8 cm³/mol. The Hall–Kier alpha value is -0.200. The summed E-state index contributed by atoms with van der Waals surface area (Å²) < 4.78 is 22.1. The maximum absolute atomic E-state index is 5.82. The summed E-state index contributed by atoms with van der Waals surface area (Å²) in [6, 6.07) is 0. The smallest absolute Gasteiger partial charge is 0.0704 e. The van der Waals surface area contributed by atoms with Gasteiger partial charge in [-0.15, -0.1) is 0 Å². The highest BCUT2D eigenvalue weighted by molar-refractivity contribution is 4.66. The van der Waals surface area contributed by atoms with E-state index in [1.54, 1.807) is 0 Å². The SMILES string of the molecule is CCCCOCCOCCOCCOC1CCCNCC1. The van der Waals surface area contributed by atoms with Crippen LogP contribution in [0.1, 0.15) is 39.0 Å². The van der Waals surface area contributed by atoms with Crippen LogP contribution in [-0.4, -0.2) is 65.4 Å². The first kappa shape index (κ1) is 18.8. The number of rotatable bonds is 13. The zero-order valence-electron chi connectivity index (χ0n) is 13.6. The molecule has 21 heavy (non-hydrogen) atoms. The molecule has 1 N–H and O–H groups in total. The van der Waals surface area contributed by atoms with E-state index in [-0.39, 0.29) is 0 Å². The first-order chi connectivity index (χ1) is 10.4. The van der Waals surface area contributed by atoms with E-state index in [4.69, 9.17) is 18.9 Å². The number of ether oxygens (including phenoxy) is 4. The van der Waals surface area contributed by atoms with Gasteiger partial charge in [0, 0.05) is 6.61 Å². The van der Waals surface area contributed by atoms with Gasteiger partial charge in [-0.25, -0.2) is 0 Å². The normalized spacial score (nSPS) is 19.6. The lowest BCUT2D eigenvalue weighted by molar-refractivity contribution is -0.0211. The second kappa shape index (κ2) is 14.7. The Morgan fingerprint density at radius 2 is 1.48 bits per heavy atom. The van der Waals surface area contributed by atoms with Crippen molar-refractivity contribution in [1.29, 1.82) is 0 Å². The molecule has 1 rings (SSSR count). The summed E-state index contributed by atoms with van der Waals surface area (Å²) >= 11 is 0. The highest BCUT2D eigenvalue weighted by Crippen LogP contribution is 2.08. The number of nitrogens with one attached hydrogen (secondary N) is 1. The van der Waals surface area contributed by atoms with E-state index in [2.05, 4.69) is 12.2 Å². The first-order valence-corrected chi connectivity index (χ1v) is 8.49. The van der Waals surface area contributed by atoms with E-state index in [0.29, 0.717) is 45.7 Å². The molecule has 1 aliphatic heterocycles. The van der Waals surface area contributed by atoms with E-state index in [9.17, 15) is 0 Å². The molecule has 0 aromatic heterocycles. The molecule has 1 atom stereocenters. The maximum Gasteiger partial charge on any atom is 0.0704 e. The highest BCUT2D eigenvalue weighted by atomic mass is 16.6. The standard InChI is InChI=1S/C16H33NO4/c1-2-3-9-18-10-11-19-12-13-20-14-15-21-16-5-4-7-17-8-6-16/h16-17H,2-15H2,1H3. The van der Waals surface area contributed by atoms with Gasteiger partial charge in [-0.05, 0) is 38.8 Å². The van der Waals surface area contributed by atoms with Crippen LogP contribution in [0.25, 0.3) is 0 Å². The molecular formula is C16H33NO4. The zero-order chi connectivity index (χ0) is 15.0. The monoisotopic (exact) mass is 303 g/mol. The summed E-state index contributed by atoms with van der Waals surface area (Å²) in [5.74, 6) is 0. The molecule has 1 heterocycles. The molecule has 1 aliphatic rings. The summed E-state index contributed by atoms with van der Waals surface area (Å²) in [4.78, 5) is 0. The van der Waals surface area contributed by atoms with Gasteiger partial charge >= 0.3 is 0 Å². The quantitative estimate of drug-likeness (QED) is 0.527. The molecule has 0 spiro atoms. The van der Waals surface area contributed by atoms with E-state index >= 15 is 0 Å². The fourth-order valence-electron chi connectivity index (χ4n) is 2.22. The molecule has 0 bridgehead atoms. The van der Waals surface area contributed by atoms with Crippen molar-refractivity contribution in [3.05, 3.63) is 0 Å². The Bertz CT molecular complexity index is 208. The number of hydrogen-bond acceptors (Lipinski definition) is 5. The molecule has 0 aliphatic carbocycles. The topological polar surface area (TPSA) is 49.0 Å². The largest absolute Gasteiger partial charge is 0.379 e. The van der Waals surface area contributed by atoms with Crippen molar-refractivity contribution in [3.8, 4) is 0 Å². The van der Waals surface area contributed by atoms with Gasteiger partial charge in [0.25, 0.3) is 0 Å². The molecule has 1 fully saturated rings. The molecule has 0 amide bonds. The lowest BCUT2D eigenvalue weighted by atomic mass is 10.2. The molecule has 0 aromatic carbocycles. The predicted octanol–water partition coefficient (Wildman–Crippen LogP) is 1.99. The summed E-state index contributed by atoms with van der Waals surface area (Å²) in [6.07, 6.45) is 6.18. The van der Waals surface area contributed by atoms with Crippen LogP contribution in [0.2, 0.25) is 0 Å². The zero-order valence-corrected chi connectivity index (χ0v) is 13.6. The van der Waals surface area contributed by atoms with Crippen molar-refractivity contribution < 1.29 is 18.9 Å². The molecule has 0 radical (unpaired) electrons. The van der Waals surface area contributed by atoms with Gasteiger partial charge in [-0.1, -0.05) is 13.3 Å². The van der Waals surface area contributed by atoms with Crippen LogP contribution in [-0.2, 0) is 18.9 Å². The molecule has 0 saturated carbocycles. The minimum atomic E-state index is 0.403. The van der Waals surface area contributed by atoms with Crippen LogP contribution in [0.5, 0.6) is 0 Å². The van der Waals surface area contributed by atoms with Crippen LogP contribution >= 0.6 is 0 Å². The second-order valence-electron chi connectivity index (χ2n) is 5.36. The van der Waals surface area contributed by atoms with E-state index < -0.39 is 0 Å². The molecule has 5 heteroatoms. The van der Waals surface area contributed by atoms with E-state index in [0.717, 1.165) is 39.0 Å². The first-order valence-electron chi connectivity index (χ1n) is 8.49. The van der Waals surface area contributed by atoms with Gasteiger partial charge in [0.15, 0.2) is 0 Å². The minimum absolute atomic E-state index is 0.403. The van der Waals surface area contributed by atoms with Crippen molar-refractivity contribution in [2.75, 3.05) is 59.3 Å². The highest BCUT2D eigenvalue weighted by Gasteiger charge is 2.11. The van der Waals surface area contributed by atoms with Gasteiger partial charge in [-0.3, -0.25) is 0 Å². The Morgan fingerprint density at radius 1 is 0.810 bits per heavy atom. The summed E-state index contributed by atoms with van der Waals surface area (Å²) in [6.45, 7) is 9.12. The lowest BCUT2D eigenvalue weighted by Crippen LogP contribution is -2.19. The summed E-state index contributed by atoms with van der Waals surface area (Å²) in [7, 11) is 0. The second-order valence-corrected chi connectivity index (χ2v) is 5.36. The Morgan fingerprint density at radius 3 is 2.19 bits per heavy atom. The molecule has 1 unspecified atom stereocenters. The number of hydrogen-bond donors (Lipinski definition) is 1. The minimum Gasteiger partial charge on any atom is -0.379 e. The van der Waals surface area contributed by atoms with Gasteiger partial charge in [0.2, 0.25) is 0 Å². The van der Waals surface area contributed by atoms with E-state index in [1.807, 2.05) is 0 Å². The van der Waals surface area contributed by atoms with Crippen LogP contribution < -0.4 is 5.32 Å². The van der Waals surface area contributed by atoms with Gasteiger partial charge in [0.05, 0.1) is 45.7 Å². The van der Waals surface area contributed by atoms with Crippen LogP contribution in [0.4, 0.5) is 0 Å². The van der Waals surface area contributed by atoms with Crippen molar-refractivity contribution in [3.63, 3.8) is 0 Å². The van der Waals surface area contributed by atoms with Gasteiger partial charge in [-0.2, -0.15) is 0 Å². The third-order valence-corrected chi connectivity index (χ3v) is 3.49. The van der Waals surface area contributed by atoms with Crippen molar-refractivity contribution in [1.82, 2.24) is 5.32 Å². The van der Waals surface area contributed by atoms with Crippen molar-refractivity contribution in [2.45, 2.75) is 45.1 Å². The lowest BCUT2D eigenvalue weighted by Gasteiger charge is -2.15. The van der Waals surface area contributed by atoms with Crippen molar-refractivity contribution >= 4 is 0 Å². The van der Waals surface area contributed by atoms with Crippen LogP contribution in [0, 0.1) is 0 Å². The third kappa shape index (κ3) is 12.1. The molecule has 5 nitrogen and oxygen atoms in total. The average molecular weight is 303 g/mol. The average Bonchev–Trinajstić information content (AvgIpc) is 2.77. The van der Waals surface area contributed by atoms with Crippen LogP contribution in [0.3, 0.4) is 0 Å². The van der Waals surface area contributed by atoms with Gasteiger partial charge < -0.3 is 24.3 Å². The molecular weight excluding hydrogens is 270 g/mol. The van der Waals surface area contributed by atoms with Crippen LogP contribution in [0.15, 0.2) is 0 Å². The Kier molecular flexibility index (Phi) is 13.2. The maximum atomic E-state index is 5.82. The Balaban J connectivity index is 1.74. The fraction of sp³-hybridized carbons (Fsp3) is 1.00. The fourth-order valence-corrected chi connectivity index (χ4v) is 2.22. The molecule has 126 valence electrons. The third-order valence-electron chi connectivity index (χ3n) is 3.49. The van der Waals surface area contributed by atoms with E-state index in [1.165, 1.54) is 12.8 Å². The number of unbranched alkanes of at least 4 members (excludes halogenated alkanes) is 1.